The molecule has 2 fully saturated rings. The lowest BCUT2D eigenvalue weighted by Crippen LogP contribution is -2.43. The molecule has 2 aliphatic rings. The van der Waals surface area contributed by atoms with Crippen LogP contribution in [0.2, 0.25) is 0 Å². The Kier molecular flexibility index (Phi) is 7.95. The summed E-state index contributed by atoms with van der Waals surface area (Å²) in [6.45, 7) is 5.32. The predicted molar refractivity (Wildman–Crippen MR) is 127 cm³/mol. The van der Waals surface area contributed by atoms with Crippen LogP contribution in [0.5, 0.6) is 0 Å². The highest BCUT2D eigenvalue weighted by Gasteiger charge is 2.33. The number of nitrogens with zero attached hydrogens (tertiary/aromatic N) is 3. The molecular weight excluding hydrogens is 452 g/mol. The van der Waals surface area contributed by atoms with Crippen LogP contribution in [0.3, 0.4) is 0 Å². The van der Waals surface area contributed by atoms with Gasteiger partial charge in [-0.1, -0.05) is 36.4 Å². The number of hydrogen-bond acceptors (Lipinski definition) is 6. The third-order valence-electron chi connectivity index (χ3n) is 6.45. The topological polar surface area (TPSA) is 103 Å². The van der Waals surface area contributed by atoms with Gasteiger partial charge in [-0.15, -0.1) is 0 Å². The van der Waals surface area contributed by atoms with E-state index in [1.807, 2.05) is 18.2 Å². The van der Waals surface area contributed by atoms with Gasteiger partial charge in [0.15, 0.2) is 0 Å². The molecule has 0 radical (unpaired) electrons. The van der Waals surface area contributed by atoms with Crippen LogP contribution in [0.4, 0.5) is 0 Å². The highest BCUT2D eigenvalue weighted by molar-refractivity contribution is 7.89. The third-order valence-corrected chi connectivity index (χ3v) is 8.41. The van der Waals surface area contributed by atoms with Crippen LogP contribution in [0, 0.1) is 17.2 Å². The smallest absolute Gasteiger partial charge is 0.244 e. The van der Waals surface area contributed by atoms with Crippen molar-refractivity contribution in [3.8, 4) is 6.07 Å². The van der Waals surface area contributed by atoms with Crippen LogP contribution in [-0.4, -0.2) is 62.9 Å². The molecule has 1 N–H and O–H groups in total. The van der Waals surface area contributed by atoms with E-state index in [-0.39, 0.29) is 35.4 Å². The number of sulfonamides is 1. The number of piperidine rings is 1. The molecule has 0 saturated carbocycles. The second-order valence-electron chi connectivity index (χ2n) is 8.71. The van der Waals surface area contributed by atoms with Gasteiger partial charge in [0.25, 0.3) is 0 Å². The molecule has 1 amide bonds. The Morgan fingerprint density at radius 3 is 2.32 bits per heavy atom. The van der Waals surface area contributed by atoms with Gasteiger partial charge in [0.2, 0.25) is 15.9 Å². The Labute approximate surface area is 201 Å². The molecular formula is C25H30N4O4S. The Hall–Kier alpha value is -2.77. The van der Waals surface area contributed by atoms with Gasteiger partial charge in [-0.3, -0.25) is 9.69 Å². The van der Waals surface area contributed by atoms with Crippen LogP contribution < -0.4 is 5.32 Å². The summed E-state index contributed by atoms with van der Waals surface area (Å²) < 4.78 is 32.7. The van der Waals surface area contributed by atoms with Gasteiger partial charge in [-0.05, 0) is 36.1 Å². The molecule has 2 aromatic carbocycles. The molecule has 34 heavy (non-hydrogen) atoms. The summed E-state index contributed by atoms with van der Waals surface area (Å²) in [5, 5.41) is 12.2. The van der Waals surface area contributed by atoms with E-state index in [4.69, 9.17) is 4.74 Å². The number of nitriles is 1. The maximum atomic E-state index is 13.0. The predicted octanol–water partition coefficient (Wildman–Crippen LogP) is 2.11. The molecule has 2 aliphatic heterocycles. The standard InChI is InChI=1S/C25H30N4O4S/c26-17-23-3-1-2-4-24(23)34(31,32)29-11-9-22(10-12-29)25(30)27-18-20-5-7-21(8-6-20)19-28-13-15-33-16-14-28/h1-8,22H,9-16,18-19H2,(H,27,30). The van der Waals surface area contributed by atoms with Crippen molar-refractivity contribution in [1.82, 2.24) is 14.5 Å². The summed E-state index contributed by atoms with van der Waals surface area (Å²) >= 11 is 0. The summed E-state index contributed by atoms with van der Waals surface area (Å²) in [6, 6.07) is 16.4. The first-order valence-corrected chi connectivity index (χ1v) is 13.1. The van der Waals surface area contributed by atoms with Gasteiger partial charge in [-0.25, -0.2) is 8.42 Å². The fraction of sp³-hybridized carbons (Fsp3) is 0.440. The van der Waals surface area contributed by atoms with E-state index in [1.54, 1.807) is 12.1 Å². The first-order chi connectivity index (χ1) is 16.5. The zero-order valence-electron chi connectivity index (χ0n) is 19.2. The minimum Gasteiger partial charge on any atom is -0.379 e. The molecule has 4 rings (SSSR count). The zero-order valence-corrected chi connectivity index (χ0v) is 20.0. The van der Waals surface area contributed by atoms with Crippen molar-refractivity contribution in [2.45, 2.75) is 30.8 Å². The summed E-state index contributed by atoms with van der Waals surface area (Å²) in [5.41, 5.74) is 2.41. The highest BCUT2D eigenvalue weighted by Crippen LogP contribution is 2.26. The van der Waals surface area contributed by atoms with Crippen LogP contribution >= 0.6 is 0 Å². The van der Waals surface area contributed by atoms with Crippen molar-refractivity contribution >= 4 is 15.9 Å². The van der Waals surface area contributed by atoms with Crippen molar-refractivity contribution in [3.63, 3.8) is 0 Å². The minimum absolute atomic E-state index is 0.0254. The lowest BCUT2D eigenvalue weighted by Gasteiger charge is -2.30. The van der Waals surface area contributed by atoms with Gasteiger partial charge >= 0.3 is 0 Å². The molecule has 0 atom stereocenters. The Balaban J connectivity index is 1.26. The number of rotatable bonds is 7. The van der Waals surface area contributed by atoms with E-state index < -0.39 is 10.0 Å². The molecule has 0 unspecified atom stereocenters. The monoisotopic (exact) mass is 482 g/mol. The fourth-order valence-electron chi connectivity index (χ4n) is 4.39. The molecule has 9 heteroatoms. The highest BCUT2D eigenvalue weighted by atomic mass is 32.2. The van der Waals surface area contributed by atoms with Gasteiger partial charge in [0.1, 0.15) is 6.07 Å². The summed E-state index contributed by atoms with van der Waals surface area (Å²) in [5.74, 6) is -0.273. The number of nitrogens with one attached hydrogen (secondary N) is 1. The maximum Gasteiger partial charge on any atom is 0.244 e. The second-order valence-corrected chi connectivity index (χ2v) is 10.6. The molecule has 180 valence electrons. The molecule has 2 aromatic rings. The second kappa shape index (κ2) is 11.1. The number of carbonyl (C=O) groups is 1. The van der Waals surface area contributed by atoms with Gasteiger partial charge in [0.05, 0.1) is 23.7 Å². The summed E-state index contributed by atoms with van der Waals surface area (Å²) in [6.07, 6.45) is 0.913. The minimum atomic E-state index is -3.76. The van der Waals surface area contributed by atoms with Crippen LogP contribution in [0.15, 0.2) is 53.4 Å². The average molecular weight is 483 g/mol. The van der Waals surface area contributed by atoms with Gasteiger partial charge < -0.3 is 10.1 Å². The van der Waals surface area contributed by atoms with E-state index in [1.165, 1.54) is 22.0 Å². The number of carbonyl (C=O) groups excluding carboxylic acids is 1. The van der Waals surface area contributed by atoms with E-state index in [0.717, 1.165) is 38.4 Å². The van der Waals surface area contributed by atoms with Gasteiger partial charge in [-0.2, -0.15) is 9.57 Å². The van der Waals surface area contributed by atoms with Crippen molar-refractivity contribution in [1.29, 1.82) is 5.26 Å². The summed E-state index contributed by atoms with van der Waals surface area (Å²) in [4.78, 5) is 15.1. The first-order valence-electron chi connectivity index (χ1n) is 11.6. The first kappa shape index (κ1) is 24.4. The van der Waals surface area contributed by atoms with Crippen LogP contribution in [0.1, 0.15) is 29.5 Å². The number of hydrogen-bond donors (Lipinski definition) is 1. The molecule has 0 aliphatic carbocycles. The molecule has 2 heterocycles. The Morgan fingerprint density at radius 2 is 1.65 bits per heavy atom. The molecule has 8 nitrogen and oxygen atoms in total. The Bertz CT molecular complexity index is 1130. The SMILES string of the molecule is N#Cc1ccccc1S(=O)(=O)N1CCC(C(=O)NCc2ccc(CN3CCOCC3)cc2)CC1. The molecule has 0 aromatic heterocycles. The molecule has 2 saturated heterocycles. The zero-order chi connectivity index (χ0) is 24.0. The van der Waals surface area contributed by atoms with E-state index in [0.29, 0.717) is 19.4 Å². The van der Waals surface area contributed by atoms with E-state index >= 15 is 0 Å². The molecule has 0 spiro atoms. The van der Waals surface area contributed by atoms with Crippen molar-refractivity contribution < 1.29 is 17.9 Å². The van der Waals surface area contributed by atoms with Crippen molar-refractivity contribution in [2.75, 3.05) is 39.4 Å². The maximum absolute atomic E-state index is 13.0. The van der Waals surface area contributed by atoms with Crippen LogP contribution in [0.25, 0.3) is 0 Å². The largest absolute Gasteiger partial charge is 0.379 e. The quantitative estimate of drug-likeness (QED) is 0.649. The number of morpholine rings is 1. The normalized spacial score (nSPS) is 18.3. The van der Waals surface area contributed by atoms with Crippen molar-refractivity contribution in [2.24, 2.45) is 5.92 Å². The number of amides is 1. The Morgan fingerprint density at radius 1 is 1.00 bits per heavy atom. The van der Waals surface area contributed by atoms with Crippen molar-refractivity contribution in [3.05, 3.63) is 65.2 Å². The number of ether oxygens (including phenoxy) is 1. The summed E-state index contributed by atoms with van der Waals surface area (Å²) in [7, 11) is -3.76. The van der Waals surface area contributed by atoms with Crippen LogP contribution in [-0.2, 0) is 32.6 Å². The van der Waals surface area contributed by atoms with E-state index in [2.05, 4.69) is 22.3 Å². The number of benzene rings is 2. The molecule has 0 bridgehead atoms. The van der Waals surface area contributed by atoms with Gasteiger partial charge in [0, 0.05) is 45.2 Å². The lowest BCUT2D eigenvalue weighted by atomic mass is 9.97. The average Bonchev–Trinajstić information content (AvgIpc) is 2.88. The lowest BCUT2D eigenvalue weighted by molar-refractivity contribution is -0.126. The van der Waals surface area contributed by atoms with E-state index in [9.17, 15) is 18.5 Å². The third kappa shape index (κ3) is 5.83. The fourth-order valence-corrected chi connectivity index (χ4v) is 6.01.